The van der Waals surface area contributed by atoms with Gasteiger partial charge in [0.1, 0.15) is 0 Å². The van der Waals surface area contributed by atoms with Crippen LogP contribution in [-0.4, -0.2) is 10.8 Å². The molecule has 1 N–H and O–H groups in total. The van der Waals surface area contributed by atoms with Crippen LogP contribution in [0, 0.1) is 0 Å². The molecular formula is C14H18N2S. The third-order valence-corrected chi connectivity index (χ3v) is 3.63. The molecule has 2 nitrogen and oxygen atoms in total. The van der Waals surface area contributed by atoms with E-state index < -0.39 is 0 Å². The SMILES string of the molecule is CCn1cccc1CNc1ccccc1SC. The summed E-state index contributed by atoms with van der Waals surface area (Å²) in [4.78, 5) is 1.29. The first-order valence-electron chi connectivity index (χ1n) is 5.86. The highest BCUT2D eigenvalue weighted by molar-refractivity contribution is 7.98. The van der Waals surface area contributed by atoms with Crippen LogP contribution < -0.4 is 5.32 Å². The van der Waals surface area contributed by atoms with E-state index >= 15 is 0 Å². The summed E-state index contributed by atoms with van der Waals surface area (Å²) in [6.07, 6.45) is 4.23. The van der Waals surface area contributed by atoms with Crippen molar-refractivity contribution in [2.75, 3.05) is 11.6 Å². The summed E-state index contributed by atoms with van der Waals surface area (Å²) in [5.41, 5.74) is 2.53. The number of aromatic nitrogens is 1. The number of nitrogens with zero attached hydrogens (tertiary/aromatic N) is 1. The standard InChI is InChI=1S/C14H18N2S/c1-3-16-10-6-7-12(16)11-15-13-8-4-5-9-14(13)17-2/h4-10,15H,3,11H2,1-2H3. The molecule has 0 amide bonds. The summed E-state index contributed by atoms with van der Waals surface area (Å²) < 4.78 is 2.26. The Labute approximate surface area is 107 Å². The average molecular weight is 246 g/mol. The number of hydrogen-bond donors (Lipinski definition) is 1. The first kappa shape index (κ1) is 12.1. The van der Waals surface area contributed by atoms with Gasteiger partial charge in [0, 0.05) is 29.0 Å². The summed E-state index contributed by atoms with van der Waals surface area (Å²) in [6, 6.07) is 12.7. The summed E-state index contributed by atoms with van der Waals surface area (Å²) in [5, 5.41) is 3.50. The normalized spacial score (nSPS) is 10.5. The van der Waals surface area contributed by atoms with E-state index in [1.165, 1.54) is 16.3 Å². The monoisotopic (exact) mass is 246 g/mol. The molecule has 3 heteroatoms. The number of benzene rings is 1. The second-order valence-electron chi connectivity index (χ2n) is 3.84. The van der Waals surface area contributed by atoms with Gasteiger partial charge in [-0.25, -0.2) is 0 Å². The van der Waals surface area contributed by atoms with Crippen LogP contribution in [-0.2, 0) is 13.1 Å². The number of rotatable bonds is 5. The maximum absolute atomic E-state index is 3.50. The van der Waals surface area contributed by atoms with Gasteiger partial charge in [0.2, 0.25) is 0 Å². The Kier molecular flexibility index (Phi) is 4.15. The minimum absolute atomic E-state index is 0.873. The fourth-order valence-corrected chi connectivity index (χ4v) is 2.47. The van der Waals surface area contributed by atoms with E-state index in [0.29, 0.717) is 0 Å². The van der Waals surface area contributed by atoms with Gasteiger partial charge in [-0.15, -0.1) is 11.8 Å². The average Bonchev–Trinajstić information content (AvgIpc) is 2.84. The molecule has 0 radical (unpaired) electrons. The van der Waals surface area contributed by atoms with Gasteiger partial charge >= 0.3 is 0 Å². The molecule has 0 atom stereocenters. The lowest BCUT2D eigenvalue weighted by atomic mass is 10.3. The van der Waals surface area contributed by atoms with Crippen LogP contribution >= 0.6 is 11.8 Å². The summed E-state index contributed by atoms with van der Waals surface area (Å²) in [7, 11) is 0. The molecular weight excluding hydrogens is 228 g/mol. The van der Waals surface area contributed by atoms with Gasteiger partial charge in [-0.05, 0) is 37.4 Å². The molecule has 1 aromatic carbocycles. The highest BCUT2D eigenvalue weighted by Crippen LogP contribution is 2.25. The number of thioether (sulfide) groups is 1. The van der Waals surface area contributed by atoms with Crippen molar-refractivity contribution < 1.29 is 0 Å². The molecule has 0 aliphatic rings. The Hall–Kier alpha value is -1.35. The van der Waals surface area contributed by atoms with Crippen molar-refractivity contribution in [1.82, 2.24) is 4.57 Å². The summed E-state index contributed by atoms with van der Waals surface area (Å²) in [5.74, 6) is 0. The molecule has 0 aliphatic carbocycles. The van der Waals surface area contributed by atoms with Gasteiger partial charge in [0.25, 0.3) is 0 Å². The molecule has 0 spiro atoms. The maximum Gasteiger partial charge on any atom is 0.0553 e. The lowest BCUT2D eigenvalue weighted by Crippen LogP contribution is -2.06. The highest BCUT2D eigenvalue weighted by Gasteiger charge is 2.02. The lowest BCUT2D eigenvalue weighted by Gasteiger charge is -2.11. The van der Waals surface area contributed by atoms with E-state index in [4.69, 9.17) is 0 Å². The summed E-state index contributed by atoms with van der Waals surface area (Å²) >= 11 is 1.77. The van der Waals surface area contributed by atoms with E-state index in [1.807, 2.05) is 0 Å². The second kappa shape index (κ2) is 5.82. The Morgan fingerprint density at radius 3 is 2.76 bits per heavy atom. The zero-order chi connectivity index (χ0) is 12.1. The number of anilines is 1. The van der Waals surface area contributed by atoms with Crippen LogP contribution in [0.2, 0.25) is 0 Å². The van der Waals surface area contributed by atoms with Gasteiger partial charge in [0.15, 0.2) is 0 Å². The summed E-state index contributed by atoms with van der Waals surface area (Å²) in [6.45, 7) is 4.06. The van der Waals surface area contributed by atoms with Gasteiger partial charge in [-0.1, -0.05) is 12.1 Å². The van der Waals surface area contributed by atoms with E-state index in [-0.39, 0.29) is 0 Å². The minimum Gasteiger partial charge on any atom is -0.379 e. The molecule has 0 saturated heterocycles. The molecule has 2 rings (SSSR count). The van der Waals surface area contributed by atoms with Crippen molar-refractivity contribution in [3.05, 3.63) is 48.3 Å². The zero-order valence-corrected chi connectivity index (χ0v) is 11.1. The van der Waals surface area contributed by atoms with E-state index in [2.05, 4.69) is 65.7 Å². The van der Waals surface area contributed by atoms with Crippen LogP contribution in [0.15, 0.2) is 47.5 Å². The largest absolute Gasteiger partial charge is 0.379 e. The van der Waals surface area contributed by atoms with Crippen molar-refractivity contribution >= 4 is 17.4 Å². The van der Waals surface area contributed by atoms with Gasteiger partial charge in [-0.2, -0.15) is 0 Å². The molecule has 0 aliphatic heterocycles. The van der Waals surface area contributed by atoms with Gasteiger partial charge in [-0.3, -0.25) is 0 Å². The quantitative estimate of drug-likeness (QED) is 0.807. The first-order chi connectivity index (χ1) is 8.35. The Balaban J connectivity index is 2.07. The number of nitrogens with one attached hydrogen (secondary N) is 1. The van der Waals surface area contributed by atoms with Crippen LogP contribution in [0.1, 0.15) is 12.6 Å². The van der Waals surface area contributed by atoms with Gasteiger partial charge in [0.05, 0.1) is 6.54 Å². The molecule has 0 saturated carbocycles. The van der Waals surface area contributed by atoms with Crippen LogP contribution in [0.4, 0.5) is 5.69 Å². The first-order valence-corrected chi connectivity index (χ1v) is 7.08. The predicted molar refractivity (Wildman–Crippen MR) is 75.7 cm³/mol. The molecule has 17 heavy (non-hydrogen) atoms. The molecule has 0 bridgehead atoms. The smallest absolute Gasteiger partial charge is 0.0553 e. The van der Waals surface area contributed by atoms with Crippen molar-refractivity contribution in [2.45, 2.75) is 24.9 Å². The predicted octanol–water partition coefficient (Wildman–Crippen LogP) is 3.84. The number of hydrogen-bond acceptors (Lipinski definition) is 2. The molecule has 2 aromatic rings. The molecule has 90 valence electrons. The fourth-order valence-electron chi connectivity index (χ4n) is 1.89. The van der Waals surface area contributed by atoms with Crippen molar-refractivity contribution in [2.24, 2.45) is 0 Å². The van der Waals surface area contributed by atoms with E-state index in [1.54, 1.807) is 11.8 Å². The van der Waals surface area contributed by atoms with Gasteiger partial charge < -0.3 is 9.88 Å². The molecule has 1 heterocycles. The van der Waals surface area contributed by atoms with E-state index in [0.717, 1.165) is 13.1 Å². The van der Waals surface area contributed by atoms with Crippen LogP contribution in [0.3, 0.4) is 0 Å². The Bertz CT molecular complexity index is 477. The molecule has 1 aromatic heterocycles. The third kappa shape index (κ3) is 2.86. The van der Waals surface area contributed by atoms with Crippen molar-refractivity contribution in [3.8, 4) is 0 Å². The minimum atomic E-state index is 0.873. The topological polar surface area (TPSA) is 17.0 Å². The third-order valence-electron chi connectivity index (χ3n) is 2.83. The molecule has 0 fully saturated rings. The van der Waals surface area contributed by atoms with Crippen LogP contribution in [0.5, 0.6) is 0 Å². The lowest BCUT2D eigenvalue weighted by molar-refractivity contribution is 0.723. The second-order valence-corrected chi connectivity index (χ2v) is 4.69. The fraction of sp³-hybridized carbons (Fsp3) is 0.286. The molecule has 0 unspecified atom stereocenters. The number of aryl methyl sites for hydroxylation is 1. The number of para-hydroxylation sites is 1. The Morgan fingerprint density at radius 2 is 2.00 bits per heavy atom. The van der Waals surface area contributed by atoms with Crippen molar-refractivity contribution in [3.63, 3.8) is 0 Å². The Morgan fingerprint density at radius 1 is 1.18 bits per heavy atom. The zero-order valence-electron chi connectivity index (χ0n) is 10.3. The van der Waals surface area contributed by atoms with E-state index in [9.17, 15) is 0 Å². The highest BCUT2D eigenvalue weighted by atomic mass is 32.2. The maximum atomic E-state index is 3.50. The van der Waals surface area contributed by atoms with Crippen molar-refractivity contribution in [1.29, 1.82) is 0 Å². The van der Waals surface area contributed by atoms with Crippen LogP contribution in [0.25, 0.3) is 0 Å².